The molecule has 92 valence electrons. The smallest absolute Gasteiger partial charge is 0.321 e. The van der Waals surface area contributed by atoms with Crippen LogP contribution < -0.4 is 5.32 Å². The first-order chi connectivity index (χ1) is 7.61. The average molecular weight is 234 g/mol. The van der Waals surface area contributed by atoms with Crippen LogP contribution in [0.2, 0.25) is 0 Å². The first-order valence-corrected chi connectivity index (χ1v) is 5.27. The van der Waals surface area contributed by atoms with Crippen molar-refractivity contribution in [1.82, 2.24) is 10.2 Å². The molecule has 2 rings (SSSR count). The highest BCUT2D eigenvalue weighted by molar-refractivity contribution is 5.75. The zero-order valence-electron chi connectivity index (χ0n) is 8.67. The van der Waals surface area contributed by atoms with Gasteiger partial charge in [-0.05, 0) is 0 Å². The number of alkyl halides is 1. The fraction of sp³-hybridized carbons (Fsp3) is 0.889. The largest absolute Gasteiger partial charge is 0.394 e. The van der Waals surface area contributed by atoms with Crippen molar-refractivity contribution in [3.8, 4) is 0 Å². The topological polar surface area (TPSA) is 82.0 Å². The van der Waals surface area contributed by atoms with Crippen molar-refractivity contribution >= 4 is 6.03 Å². The fourth-order valence-electron chi connectivity index (χ4n) is 2.00. The Bertz CT molecular complexity index is 278. The Labute approximate surface area is 92.0 Å². The van der Waals surface area contributed by atoms with Crippen LogP contribution in [0.3, 0.4) is 0 Å². The van der Waals surface area contributed by atoms with E-state index in [4.69, 9.17) is 9.84 Å². The predicted octanol–water partition coefficient (Wildman–Crippen LogP) is -0.835. The summed E-state index contributed by atoms with van der Waals surface area (Å²) in [6.07, 6.45) is -3.26. The average Bonchev–Trinajstić information content (AvgIpc) is 2.60. The molecule has 2 aliphatic heterocycles. The fourth-order valence-corrected chi connectivity index (χ4v) is 2.00. The molecule has 2 heterocycles. The van der Waals surface area contributed by atoms with Gasteiger partial charge in [0.1, 0.15) is 12.4 Å². The van der Waals surface area contributed by atoms with Crippen LogP contribution in [0.1, 0.15) is 12.8 Å². The van der Waals surface area contributed by atoms with Gasteiger partial charge in [-0.1, -0.05) is 0 Å². The van der Waals surface area contributed by atoms with E-state index < -0.39 is 30.8 Å². The zero-order chi connectivity index (χ0) is 11.7. The van der Waals surface area contributed by atoms with Crippen molar-refractivity contribution in [2.75, 3.05) is 13.2 Å². The highest BCUT2D eigenvalue weighted by Crippen LogP contribution is 2.27. The SMILES string of the molecule is O=C1N[C@H](O)CCN1[C@@H]1O[C@H](CO)C[C@@H]1F. The van der Waals surface area contributed by atoms with Gasteiger partial charge in [0.05, 0.1) is 12.7 Å². The molecule has 0 bridgehead atoms. The van der Waals surface area contributed by atoms with Crippen LogP contribution >= 0.6 is 0 Å². The van der Waals surface area contributed by atoms with Gasteiger partial charge in [0.15, 0.2) is 6.23 Å². The minimum absolute atomic E-state index is 0.0908. The molecule has 0 saturated carbocycles. The lowest BCUT2D eigenvalue weighted by Crippen LogP contribution is -2.56. The maximum absolute atomic E-state index is 13.6. The van der Waals surface area contributed by atoms with Crippen molar-refractivity contribution < 1.29 is 24.1 Å². The first kappa shape index (κ1) is 11.6. The summed E-state index contributed by atoms with van der Waals surface area (Å²) >= 11 is 0. The van der Waals surface area contributed by atoms with E-state index in [0.717, 1.165) is 0 Å². The number of nitrogens with zero attached hydrogens (tertiary/aromatic N) is 1. The first-order valence-electron chi connectivity index (χ1n) is 5.27. The molecular formula is C9H15FN2O4. The van der Waals surface area contributed by atoms with E-state index in [0.29, 0.717) is 6.42 Å². The quantitative estimate of drug-likeness (QED) is 0.582. The Morgan fingerprint density at radius 1 is 1.62 bits per heavy atom. The van der Waals surface area contributed by atoms with Crippen LogP contribution in [0.15, 0.2) is 0 Å². The van der Waals surface area contributed by atoms with E-state index in [1.165, 1.54) is 4.90 Å². The summed E-state index contributed by atoms with van der Waals surface area (Å²) in [6, 6.07) is -0.537. The molecule has 16 heavy (non-hydrogen) atoms. The highest BCUT2D eigenvalue weighted by atomic mass is 19.1. The van der Waals surface area contributed by atoms with Crippen LogP contribution in [0.25, 0.3) is 0 Å². The summed E-state index contributed by atoms with van der Waals surface area (Å²) in [4.78, 5) is 12.7. The molecule has 3 N–H and O–H groups in total. The molecule has 2 amide bonds. The zero-order valence-corrected chi connectivity index (χ0v) is 8.67. The third kappa shape index (κ3) is 2.11. The van der Waals surface area contributed by atoms with E-state index >= 15 is 0 Å². The van der Waals surface area contributed by atoms with E-state index in [1.54, 1.807) is 0 Å². The summed E-state index contributed by atoms with van der Waals surface area (Å²) in [7, 11) is 0. The summed E-state index contributed by atoms with van der Waals surface area (Å²) < 4.78 is 18.8. The summed E-state index contributed by atoms with van der Waals surface area (Å²) in [6.45, 7) is -0.00869. The van der Waals surface area contributed by atoms with Gasteiger partial charge < -0.3 is 20.3 Å². The van der Waals surface area contributed by atoms with Gasteiger partial charge in [0, 0.05) is 19.4 Å². The number of halogens is 1. The lowest BCUT2D eigenvalue weighted by molar-refractivity contribution is -0.0773. The maximum Gasteiger partial charge on any atom is 0.321 e. The minimum atomic E-state index is -1.29. The molecule has 0 aromatic carbocycles. The lowest BCUT2D eigenvalue weighted by atomic mass is 10.2. The normalized spacial score (nSPS) is 39.9. The van der Waals surface area contributed by atoms with Crippen molar-refractivity contribution in [3.05, 3.63) is 0 Å². The van der Waals surface area contributed by atoms with Gasteiger partial charge in [-0.15, -0.1) is 0 Å². The molecule has 7 heteroatoms. The molecule has 0 radical (unpaired) electrons. The van der Waals surface area contributed by atoms with Crippen LogP contribution in [-0.2, 0) is 4.74 Å². The number of urea groups is 1. The van der Waals surface area contributed by atoms with Crippen molar-refractivity contribution in [1.29, 1.82) is 0 Å². The number of amides is 2. The van der Waals surface area contributed by atoms with Crippen molar-refractivity contribution in [2.24, 2.45) is 0 Å². The molecule has 2 saturated heterocycles. The monoisotopic (exact) mass is 234 g/mol. The number of carbonyl (C=O) groups is 1. The van der Waals surface area contributed by atoms with Gasteiger partial charge >= 0.3 is 6.03 Å². The minimum Gasteiger partial charge on any atom is -0.394 e. The number of nitrogens with one attached hydrogen (secondary N) is 1. The number of rotatable bonds is 2. The van der Waals surface area contributed by atoms with Crippen molar-refractivity contribution in [3.63, 3.8) is 0 Å². The number of ether oxygens (including phenoxy) is 1. The van der Waals surface area contributed by atoms with Crippen LogP contribution in [0.4, 0.5) is 9.18 Å². The molecular weight excluding hydrogens is 219 g/mol. The van der Waals surface area contributed by atoms with Crippen molar-refractivity contribution in [2.45, 2.75) is 37.6 Å². The third-order valence-corrected chi connectivity index (χ3v) is 2.83. The van der Waals surface area contributed by atoms with Crippen LogP contribution in [-0.4, -0.2) is 59.0 Å². The number of hydrogen-bond acceptors (Lipinski definition) is 4. The lowest BCUT2D eigenvalue weighted by Gasteiger charge is -2.35. The predicted molar refractivity (Wildman–Crippen MR) is 51.1 cm³/mol. The second kappa shape index (κ2) is 4.52. The molecule has 2 fully saturated rings. The molecule has 4 atom stereocenters. The standard InChI is InChI=1S/C9H15FN2O4/c10-6-3-5(4-13)16-8(6)12-2-1-7(14)11-9(12)15/h5-8,13-14H,1-4H2,(H,11,15)/t5-,6-,7+,8+/m0/s1. The second-order valence-electron chi connectivity index (χ2n) is 4.03. The van der Waals surface area contributed by atoms with E-state index in [9.17, 15) is 14.3 Å². The van der Waals surface area contributed by atoms with Gasteiger partial charge in [0.25, 0.3) is 0 Å². The number of carbonyl (C=O) groups excluding carboxylic acids is 1. The Morgan fingerprint density at radius 2 is 2.38 bits per heavy atom. The highest BCUT2D eigenvalue weighted by Gasteiger charge is 2.42. The number of aliphatic hydroxyl groups excluding tert-OH is 2. The molecule has 0 aromatic rings. The van der Waals surface area contributed by atoms with E-state index in [1.807, 2.05) is 0 Å². The Balaban J connectivity index is 1.99. The second-order valence-corrected chi connectivity index (χ2v) is 4.03. The molecule has 2 aliphatic rings. The number of hydrogen-bond donors (Lipinski definition) is 3. The Hall–Kier alpha value is -0.920. The van der Waals surface area contributed by atoms with Gasteiger partial charge in [-0.2, -0.15) is 0 Å². The maximum atomic E-state index is 13.6. The van der Waals surface area contributed by atoms with Gasteiger partial charge in [0.2, 0.25) is 0 Å². The third-order valence-electron chi connectivity index (χ3n) is 2.83. The van der Waals surface area contributed by atoms with Gasteiger partial charge in [-0.25, -0.2) is 9.18 Å². The Kier molecular flexibility index (Phi) is 3.27. The molecule has 0 spiro atoms. The summed E-state index contributed by atoms with van der Waals surface area (Å²) in [5.41, 5.74) is 0. The summed E-state index contributed by atoms with van der Waals surface area (Å²) in [5, 5.41) is 20.3. The van der Waals surface area contributed by atoms with Crippen LogP contribution in [0.5, 0.6) is 0 Å². The van der Waals surface area contributed by atoms with E-state index in [-0.39, 0.29) is 19.6 Å². The summed E-state index contributed by atoms with van der Waals surface area (Å²) in [5.74, 6) is 0. The number of aliphatic hydroxyl groups is 2. The molecule has 6 nitrogen and oxygen atoms in total. The van der Waals surface area contributed by atoms with E-state index in [2.05, 4.69) is 5.32 Å². The molecule has 0 unspecified atom stereocenters. The van der Waals surface area contributed by atoms with Gasteiger partial charge in [-0.3, -0.25) is 4.90 Å². The van der Waals surface area contributed by atoms with Crippen LogP contribution in [0, 0.1) is 0 Å². The Morgan fingerprint density at radius 3 is 2.94 bits per heavy atom. The molecule has 0 aliphatic carbocycles. The molecule has 0 aromatic heterocycles.